The molecule has 0 saturated heterocycles. The zero-order valence-electron chi connectivity index (χ0n) is 44.5. The fourth-order valence-electron chi connectivity index (χ4n) is 8.81. The van der Waals surface area contributed by atoms with Crippen LogP contribution in [0.15, 0.2) is 243 Å². The summed E-state index contributed by atoms with van der Waals surface area (Å²) in [6.45, 7) is 0. The van der Waals surface area contributed by atoms with Crippen LogP contribution in [0.25, 0.3) is 94.5 Å². The van der Waals surface area contributed by atoms with E-state index in [4.69, 9.17) is 23.4 Å². The molecule has 0 bridgehead atoms. The average molecular weight is 843 g/mol. The molecular formula is C60H40N4O. The highest BCUT2D eigenvalue weighted by Crippen LogP contribution is 2.40. The number of hydrogen-bond donors (Lipinski definition) is 0. The van der Waals surface area contributed by atoms with Crippen molar-refractivity contribution in [1.82, 2.24) is 14.1 Å². The summed E-state index contributed by atoms with van der Waals surface area (Å²) in [6, 6.07) is 51.4. The molecular weight excluding hydrogens is 793 g/mol. The molecule has 5 heteroatoms. The van der Waals surface area contributed by atoms with E-state index in [1.54, 1.807) is 27.3 Å². The number of benzene rings is 9. The first-order chi connectivity index (χ1) is 36.4. The van der Waals surface area contributed by atoms with Crippen molar-refractivity contribution in [3.8, 4) is 73.2 Å². The Labute approximate surface area is 391 Å². The average Bonchev–Trinajstić information content (AvgIpc) is 3.99. The van der Waals surface area contributed by atoms with Crippen LogP contribution in [-0.4, -0.2) is 14.1 Å². The second kappa shape index (κ2) is 16.2. The Morgan fingerprint density at radius 2 is 1.08 bits per heavy atom. The number of aromatic nitrogens is 4. The van der Waals surface area contributed by atoms with E-state index in [0.717, 1.165) is 49.9 Å². The molecule has 0 aliphatic rings. The lowest BCUT2D eigenvalue weighted by atomic mass is 9.95. The third kappa shape index (κ3) is 6.74. The first-order valence-electron chi connectivity index (χ1n) is 26.1. The molecule has 0 atom stereocenters. The third-order valence-corrected chi connectivity index (χ3v) is 11.6. The molecule has 0 amide bonds. The van der Waals surface area contributed by atoms with Gasteiger partial charge in [0.15, 0.2) is 0 Å². The summed E-state index contributed by atoms with van der Waals surface area (Å²) in [7, 11) is 0. The molecule has 9 aromatic carbocycles. The summed E-state index contributed by atoms with van der Waals surface area (Å²) in [5.74, 6) is 1.83. The Kier molecular flexibility index (Phi) is 7.14. The molecule has 3 heterocycles. The molecule has 0 radical (unpaired) electrons. The van der Waals surface area contributed by atoms with Crippen LogP contribution in [0.5, 0.6) is 11.5 Å². The summed E-state index contributed by atoms with van der Waals surface area (Å²) in [5, 5.41) is 2.07. The maximum Gasteiger partial charge on any atom is 0.269 e. The molecule has 0 fully saturated rings. The van der Waals surface area contributed by atoms with Crippen molar-refractivity contribution in [3.05, 3.63) is 249 Å². The second-order valence-corrected chi connectivity index (χ2v) is 15.4. The zero-order valence-corrected chi connectivity index (χ0v) is 34.5. The molecule has 0 spiro atoms. The number of rotatable bonds is 9. The van der Waals surface area contributed by atoms with Gasteiger partial charge in [0.2, 0.25) is 0 Å². The summed E-state index contributed by atoms with van der Waals surface area (Å²) in [4.78, 5) is 5.05. The van der Waals surface area contributed by atoms with E-state index < -0.39 is 60.4 Å². The van der Waals surface area contributed by atoms with Crippen molar-refractivity contribution in [2.45, 2.75) is 0 Å². The highest BCUT2D eigenvalue weighted by atomic mass is 16.5. The maximum absolute atomic E-state index is 9.04. The fourth-order valence-corrected chi connectivity index (χ4v) is 8.81. The normalized spacial score (nSPS) is 13.5. The van der Waals surface area contributed by atoms with Gasteiger partial charge in [-0.3, -0.25) is 13.7 Å². The van der Waals surface area contributed by atoms with Gasteiger partial charge in [-0.05, 0) is 87.5 Å². The number of imidazole rings is 1. The molecule has 306 valence electrons. The molecule has 0 N–H and O–H groups in total. The van der Waals surface area contributed by atoms with Gasteiger partial charge >= 0.3 is 0 Å². The SMILES string of the molecule is [2H]c1c([2H])c([2H])c(-c2cccc(-c3c([2H])c([2H])c([2H])c([2H])c3[2H])c2-[n+]2[c-]n(-c3cccc(Oc4ccc5c6ccccc6n(-c6ncccc6-c6ccccc6-c6ccccc6)c5c4)c3)c3ccccc32)c([2H])c1[2H]. The first kappa shape index (κ1) is 28.7. The largest absolute Gasteiger partial charge is 0.458 e. The molecule has 12 aromatic rings. The molecule has 3 aromatic heterocycles. The van der Waals surface area contributed by atoms with E-state index in [1.807, 2.05) is 115 Å². The van der Waals surface area contributed by atoms with Gasteiger partial charge in [0, 0.05) is 28.6 Å². The van der Waals surface area contributed by atoms with Crippen LogP contribution in [0.2, 0.25) is 0 Å². The van der Waals surface area contributed by atoms with Crippen molar-refractivity contribution >= 4 is 32.8 Å². The molecule has 12 rings (SSSR count). The quantitative estimate of drug-likeness (QED) is 0.107. The molecule has 0 unspecified atom stereocenters. The van der Waals surface area contributed by atoms with E-state index in [9.17, 15) is 0 Å². The number of nitrogens with zero attached hydrogens (tertiary/aromatic N) is 4. The van der Waals surface area contributed by atoms with Gasteiger partial charge in [0.1, 0.15) is 17.3 Å². The van der Waals surface area contributed by atoms with E-state index in [1.165, 1.54) is 0 Å². The van der Waals surface area contributed by atoms with Gasteiger partial charge in [-0.2, -0.15) is 0 Å². The van der Waals surface area contributed by atoms with Crippen LogP contribution < -0.4 is 9.30 Å². The molecule has 5 nitrogen and oxygen atoms in total. The van der Waals surface area contributed by atoms with Gasteiger partial charge in [-0.25, -0.2) is 4.98 Å². The molecule has 0 aliphatic carbocycles. The summed E-state index contributed by atoms with van der Waals surface area (Å²) < 4.78 is 99.6. The molecule has 0 aliphatic heterocycles. The van der Waals surface area contributed by atoms with Gasteiger partial charge in [-0.1, -0.05) is 182 Å². The van der Waals surface area contributed by atoms with Crippen molar-refractivity contribution < 1.29 is 23.0 Å². The highest BCUT2D eigenvalue weighted by molar-refractivity contribution is 6.10. The summed E-state index contributed by atoms with van der Waals surface area (Å²) in [6.07, 6.45) is 5.26. The van der Waals surface area contributed by atoms with Crippen molar-refractivity contribution in [1.29, 1.82) is 0 Å². The topological polar surface area (TPSA) is 35.9 Å². The van der Waals surface area contributed by atoms with Crippen LogP contribution in [0.1, 0.15) is 13.7 Å². The van der Waals surface area contributed by atoms with E-state index in [2.05, 4.69) is 59.4 Å². The lowest BCUT2D eigenvalue weighted by Gasteiger charge is -2.17. The van der Waals surface area contributed by atoms with Gasteiger partial charge < -0.3 is 4.74 Å². The number of ether oxygens (including phenoxy) is 1. The van der Waals surface area contributed by atoms with E-state index in [0.29, 0.717) is 28.2 Å². The minimum atomic E-state index is -0.569. The van der Waals surface area contributed by atoms with Crippen molar-refractivity contribution in [3.63, 3.8) is 0 Å². The highest BCUT2D eigenvalue weighted by Gasteiger charge is 2.21. The smallest absolute Gasteiger partial charge is 0.269 e. The molecule has 65 heavy (non-hydrogen) atoms. The van der Waals surface area contributed by atoms with Crippen LogP contribution in [0.4, 0.5) is 0 Å². The second-order valence-electron chi connectivity index (χ2n) is 15.4. The van der Waals surface area contributed by atoms with Crippen molar-refractivity contribution in [2.75, 3.05) is 0 Å². The Balaban J connectivity index is 1.01. The maximum atomic E-state index is 9.04. The lowest BCUT2D eigenvalue weighted by Crippen LogP contribution is -2.31. The Morgan fingerprint density at radius 1 is 0.462 bits per heavy atom. The molecule has 0 saturated carbocycles. The minimum Gasteiger partial charge on any atom is -0.458 e. The van der Waals surface area contributed by atoms with Crippen molar-refractivity contribution in [2.24, 2.45) is 0 Å². The number of fused-ring (bicyclic) bond motifs is 4. The Bertz CT molecular complexity index is 4160. The van der Waals surface area contributed by atoms with E-state index >= 15 is 0 Å². The van der Waals surface area contributed by atoms with Crippen LogP contribution >= 0.6 is 0 Å². The fraction of sp³-hybridized carbons (Fsp3) is 0. The number of pyridine rings is 1. The Morgan fingerprint density at radius 3 is 1.86 bits per heavy atom. The monoisotopic (exact) mass is 842 g/mol. The predicted molar refractivity (Wildman–Crippen MR) is 264 cm³/mol. The Hall–Kier alpha value is -8.80. The number of para-hydroxylation sites is 4. The third-order valence-electron chi connectivity index (χ3n) is 11.6. The summed E-state index contributed by atoms with van der Waals surface area (Å²) in [5.41, 5.74) is 8.10. The summed E-state index contributed by atoms with van der Waals surface area (Å²) >= 11 is 0. The van der Waals surface area contributed by atoms with Gasteiger partial charge in [0.05, 0.1) is 47.1 Å². The van der Waals surface area contributed by atoms with Crippen LogP contribution in [0, 0.1) is 6.33 Å². The van der Waals surface area contributed by atoms with E-state index in [-0.39, 0.29) is 27.9 Å². The van der Waals surface area contributed by atoms with Gasteiger partial charge in [-0.15, -0.1) is 0 Å². The standard InChI is InChI=1S/C60H40N4O/c1-4-19-42(20-5-1)48-27-10-11-28-51(48)54-32-18-38-61-60(54)64-55-33-13-12-29-52(55)53-37-36-47(40-58(53)64)65-46-26-16-25-45(39-46)62-41-63(57-35-15-14-34-56(57)62)59-49(43-21-6-2-7-22-43)30-17-31-50(59)44-23-8-3-9-24-44/h1-40H/i2D,3D,6D,7D,8D,9D,21D,22D,23D,24D. The lowest BCUT2D eigenvalue weighted by molar-refractivity contribution is -0.571. The van der Waals surface area contributed by atoms with Crippen LogP contribution in [0.3, 0.4) is 0 Å². The first-order valence-corrected chi connectivity index (χ1v) is 21.1. The minimum absolute atomic E-state index is 0.134. The zero-order chi connectivity index (χ0) is 51.8. The van der Waals surface area contributed by atoms with Crippen LogP contribution in [-0.2, 0) is 0 Å². The predicted octanol–water partition coefficient (Wildman–Crippen LogP) is 14.7. The number of hydrogen-bond acceptors (Lipinski definition) is 2. The van der Waals surface area contributed by atoms with Gasteiger partial charge in [0.25, 0.3) is 6.33 Å².